The minimum absolute atomic E-state index is 0.106. The Labute approximate surface area is 80.9 Å². The van der Waals surface area contributed by atoms with Crippen molar-refractivity contribution < 1.29 is 13.9 Å². The predicted molar refractivity (Wildman–Crippen MR) is 50.2 cm³/mol. The van der Waals surface area contributed by atoms with Crippen molar-refractivity contribution in [3.8, 4) is 0 Å². The first-order valence-electron chi connectivity index (χ1n) is 4.02. The molecular weight excluding hydrogens is 187 g/mol. The Morgan fingerprint density at radius 1 is 1.86 bits per heavy atom. The van der Waals surface area contributed by atoms with E-state index in [0.717, 1.165) is 12.3 Å². The van der Waals surface area contributed by atoms with Crippen molar-refractivity contribution in [1.29, 1.82) is 0 Å². The summed E-state index contributed by atoms with van der Waals surface area (Å²) < 4.78 is 18.8. The molecule has 0 aliphatic carbocycles. The molecule has 0 radical (unpaired) electrons. The standard InChI is InChI=1S/C9H11FN2O2/c1-3-4-14-9(13)8-5-7(10)6-12(8)11-2/h3,5-6,11H,1,4H2,2H3. The normalized spacial score (nSPS) is 9.57. The smallest absolute Gasteiger partial charge is 0.357 e. The molecule has 0 amide bonds. The largest absolute Gasteiger partial charge is 0.457 e. The Kier molecular flexibility index (Phi) is 3.28. The van der Waals surface area contributed by atoms with Crippen molar-refractivity contribution in [3.63, 3.8) is 0 Å². The fraction of sp³-hybridized carbons (Fsp3) is 0.222. The van der Waals surface area contributed by atoms with Crippen LogP contribution in [0.4, 0.5) is 4.39 Å². The number of hydrogen-bond acceptors (Lipinski definition) is 3. The maximum atomic E-state index is 12.8. The van der Waals surface area contributed by atoms with E-state index in [0.29, 0.717) is 0 Å². The summed E-state index contributed by atoms with van der Waals surface area (Å²) in [7, 11) is 1.57. The predicted octanol–water partition coefficient (Wildman–Crippen LogP) is 1.14. The van der Waals surface area contributed by atoms with Gasteiger partial charge in [0.05, 0.1) is 6.20 Å². The average Bonchev–Trinajstić information content (AvgIpc) is 2.56. The molecule has 0 aliphatic rings. The van der Waals surface area contributed by atoms with E-state index in [-0.39, 0.29) is 12.3 Å². The summed E-state index contributed by atoms with van der Waals surface area (Å²) in [5.74, 6) is -1.09. The van der Waals surface area contributed by atoms with Crippen LogP contribution in [0.3, 0.4) is 0 Å². The van der Waals surface area contributed by atoms with Crippen LogP contribution in [-0.4, -0.2) is 24.3 Å². The van der Waals surface area contributed by atoms with E-state index in [2.05, 4.69) is 12.0 Å². The molecule has 4 nitrogen and oxygen atoms in total. The summed E-state index contributed by atoms with van der Waals surface area (Å²) in [5.41, 5.74) is 2.74. The van der Waals surface area contributed by atoms with E-state index in [1.54, 1.807) is 7.05 Å². The van der Waals surface area contributed by atoms with Gasteiger partial charge in [0, 0.05) is 13.1 Å². The Morgan fingerprint density at radius 3 is 3.14 bits per heavy atom. The van der Waals surface area contributed by atoms with Gasteiger partial charge in [0.2, 0.25) is 0 Å². The van der Waals surface area contributed by atoms with Crippen molar-refractivity contribution >= 4 is 5.97 Å². The number of nitrogens with one attached hydrogen (secondary N) is 1. The first kappa shape index (κ1) is 10.3. The van der Waals surface area contributed by atoms with E-state index < -0.39 is 11.8 Å². The van der Waals surface area contributed by atoms with Gasteiger partial charge in [-0.05, 0) is 0 Å². The highest BCUT2D eigenvalue weighted by atomic mass is 19.1. The van der Waals surface area contributed by atoms with Gasteiger partial charge in [0.25, 0.3) is 0 Å². The van der Waals surface area contributed by atoms with E-state index in [1.165, 1.54) is 10.8 Å². The summed E-state index contributed by atoms with van der Waals surface area (Å²) in [4.78, 5) is 11.3. The SMILES string of the molecule is C=CCOC(=O)c1cc(F)cn1NC. The quantitative estimate of drug-likeness (QED) is 0.582. The van der Waals surface area contributed by atoms with Crippen LogP contribution in [0.5, 0.6) is 0 Å². The average molecular weight is 198 g/mol. The molecule has 0 fully saturated rings. The van der Waals surface area contributed by atoms with E-state index in [9.17, 15) is 9.18 Å². The Hall–Kier alpha value is -1.78. The lowest BCUT2D eigenvalue weighted by Gasteiger charge is -2.06. The molecule has 0 aliphatic heterocycles. The first-order valence-corrected chi connectivity index (χ1v) is 4.02. The van der Waals surface area contributed by atoms with Gasteiger partial charge >= 0.3 is 5.97 Å². The molecule has 0 saturated carbocycles. The third-order valence-electron chi connectivity index (χ3n) is 1.57. The minimum atomic E-state index is -0.594. The number of carbonyl (C=O) groups is 1. The maximum absolute atomic E-state index is 12.8. The summed E-state index contributed by atoms with van der Waals surface area (Å²) in [6, 6.07) is 1.10. The van der Waals surface area contributed by atoms with Gasteiger partial charge in [-0.3, -0.25) is 4.68 Å². The second-order valence-corrected chi connectivity index (χ2v) is 2.52. The second kappa shape index (κ2) is 4.45. The van der Waals surface area contributed by atoms with Gasteiger partial charge in [-0.25, -0.2) is 9.18 Å². The number of aromatic nitrogens is 1. The molecule has 0 aromatic carbocycles. The summed E-state index contributed by atoms with van der Waals surface area (Å²) >= 11 is 0. The van der Waals surface area contributed by atoms with E-state index >= 15 is 0 Å². The number of halogens is 1. The second-order valence-electron chi connectivity index (χ2n) is 2.52. The van der Waals surface area contributed by atoms with Gasteiger partial charge in [-0.15, -0.1) is 0 Å². The maximum Gasteiger partial charge on any atom is 0.357 e. The highest BCUT2D eigenvalue weighted by molar-refractivity contribution is 5.87. The Balaban J connectivity index is 2.82. The van der Waals surface area contributed by atoms with Gasteiger partial charge in [-0.1, -0.05) is 12.7 Å². The Bertz CT molecular complexity index is 347. The van der Waals surface area contributed by atoms with Gasteiger partial charge in [-0.2, -0.15) is 0 Å². The number of nitrogens with zero attached hydrogens (tertiary/aromatic N) is 1. The van der Waals surface area contributed by atoms with Gasteiger partial charge in [0.15, 0.2) is 0 Å². The van der Waals surface area contributed by atoms with Crippen LogP contribution in [0, 0.1) is 5.82 Å². The molecule has 0 unspecified atom stereocenters. The summed E-state index contributed by atoms with van der Waals surface area (Å²) in [6.07, 6.45) is 2.60. The number of carbonyl (C=O) groups excluding carboxylic acids is 1. The molecule has 0 saturated heterocycles. The summed E-state index contributed by atoms with van der Waals surface area (Å²) in [5, 5.41) is 0. The van der Waals surface area contributed by atoms with Crippen molar-refractivity contribution in [2.45, 2.75) is 0 Å². The highest BCUT2D eigenvalue weighted by Gasteiger charge is 2.14. The minimum Gasteiger partial charge on any atom is -0.457 e. The fourth-order valence-electron chi connectivity index (χ4n) is 0.981. The third kappa shape index (κ3) is 2.12. The third-order valence-corrected chi connectivity index (χ3v) is 1.57. The molecule has 5 heteroatoms. The van der Waals surface area contributed by atoms with Crippen LogP contribution < -0.4 is 5.43 Å². The van der Waals surface area contributed by atoms with Crippen molar-refractivity contribution in [2.24, 2.45) is 0 Å². The molecule has 1 N–H and O–H groups in total. The van der Waals surface area contributed by atoms with Crippen LogP contribution in [0.25, 0.3) is 0 Å². The number of ether oxygens (including phenoxy) is 1. The van der Waals surface area contributed by atoms with E-state index in [4.69, 9.17) is 4.74 Å². The lowest BCUT2D eigenvalue weighted by Crippen LogP contribution is -2.17. The lowest BCUT2D eigenvalue weighted by atomic mass is 10.4. The molecule has 1 aromatic rings. The fourth-order valence-corrected chi connectivity index (χ4v) is 0.981. The van der Waals surface area contributed by atoms with Crippen LogP contribution in [0.2, 0.25) is 0 Å². The topological polar surface area (TPSA) is 43.3 Å². The van der Waals surface area contributed by atoms with Crippen LogP contribution >= 0.6 is 0 Å². The monoisotopic (exact) mass is 198 g/mol. The molecule has 0 spiro atoms. The first-order chi connectivity index (χ1) is 6.69. The Morgan fingerprint density at radius 2 is 2.57 bits per heavy atom. The van der Waals surface area contributed by atoms with Crippen molar-refractivity contribution in [3.05, 3.63) is 36.4 Å². The van der Waals surface area contributed by atoms with E-state index in [1.807, 2.05) is 0 Å². The molecule has 1 aromatic heterocycles. The van der Waals surface area contributed by atoms with Gasteiger partial charge in [0.1, 0.15) is 18.1 Å². The zero-order valence-corrected chi connectivity index (χ0v) is 7.79. The molecule has 1 heterocycles. The molecule has 14 heavy (non-hydrogen) atoms. The zero-order valence-electron chi connectivity index (χ0n) is 7.79. The zero-order chi connectivity index (χ0) is 10.6. The van der Waals surface area contributed by atoms with Crippen LogP contribution in [-0.2, 0) is 4.74 Å². The summed E-state index contributed by atoms with van der Waals surface area (Å²) in [6.45, 7) is 3.51. The van der Waals surface area contributed by atoms with Crippen LogP contribution in [0.15, 0.2) is 24.9 Å². The van der Waals surface area contributed by atoms with Crippen LogP contribution in [0.1, 0.15) is 10.5 Å². The number of rotatable bonds is 4. The van der Waals surface area contributed by atoms with Crippen molar-refractivity contribution in [1.82, 2.24) is 4.68 Å². The van der Waals surface area contributed by atoms with Crippen molar-refractivity contribution in [2.75, 3.05) is 19.1 Å². The molecule has 76 valence electrons. The highest BCUT2D eigenvalue weighted by Crippen LogP contribution is 2.06. The molecular formula is C9H11FN2O2. The van der Waals surface area contributed by atoms with Gasteiger partial charge < -0.3 is 10.2 Å². The number of hydrogen-bond donors (Lipinski definition) is 1. The molecule has 1 rings (SSSR count). The number of esters is 1. The molecule has 0 bridgehead atoms. The molecule has 0 atom stereocenters. The lowest BCUT2D eigenvalue weighted by molar-refractivity contribution is 0.0539.